The standard InChI is InChI=1S/C27H28N2O5/c1-27(2,3)34-26(31)29-24(25(30)18-28)17-19-9-11-21(12-10-19)33-23-15-13-22(14-16-23)32-20-7-5-4-6-8-20/h4-16,24-25,30H,17H2,1-3H3,(H,29,31)/t24-,25?/m0/s1. The van der Waals surface area contributed by atoms with Crippen LogP contribution in [-0.2, 0) is 11.2 Å². The molecular weight excluding hydrogens is 432 g/mol. The molecule has 3 rings (SSSR count). The van der Waals surface area contributed by atoms with Gasteiger partial charge in [0, 0.05) is 0 Å². The Bertz CT molecular complexity index is 1100. The first kappa shape index (κ1) is 24.6. The molecule has 0 aliphatic heterocycles. The van der Waals surface area contributed by atoms with E-state index in [4.69, 9.17) is 19.5 Å². The van der Waals surface area contributed by atoms with Gasteiger partial charge in [0.15, 0.2) is 6.10 Å². The molecule has 7 nitrogen and oxygen atoms in total. The Morgan fingerprint density at radius 3 is 1.82 bits per heavy atom. The lowest BCUT2D eigenvalue weighted by Gasteiger charge is -2.24. The number of alkyl carbamates (subject to hydrolysis) is 1. The molecule has 2 N–H and O–H groups in total. The zero-order valence-electron chi connectivity index (χ0n) is 19.4. The van der Waals surface area contributed by atoms with Gasteiger partial charge in [0.05, 0.1) is 12.1 Å². The normalized spacial score (nSPS) is 12.7. The van der Waals surface area contributed by atoms with E-state index in [1.807, 2.05) is 66.7 Å². The molecule has 3 aromatic rings. The highest BCUT2D eigenvalue weighted by Gasteiger charge is 2.24. The summed E-state index contributed by atoms with van der Waals surface area (Å²) in [6, 6.07) is 25.0. The molecule has 0 aliphatic rings. The molecular formula is C27H28N2O5. The number of benzene rings is 3. The van der Waals surface area contributed by atoms with Crippen LogP contribution in [0, 0.1) is 11.3 Å². The van der Waals surface area contributed by atoms with Crippen LogP contribution in [0.25, 0.3) is 0 Å². The average Bonchev–Trinajstić information content (AvgIpc) is 2.80. The van der Waals surface area contributed by atoms with Gasteiger partial charge in [-0.3, -0.25) is 0 Å². The quantitative estimate of drug-likeness (QED) is 0.425. The molecule has 2 atom stereocenters. The molecule has 0 heterocycles. The van der Waals surface area contributed by atoms with Crippen LogP contribution in [0.3, 0.4) is 0 Å². The number of amides is 1. The van der Waals surface area contributed by atoms with Crippen LogP contribution < -0.4 is 14.8 Å². The summed E-state index contributed by atoms with van der Waals surface area (Å²) in [5.41, 5.74) is 0.131. The fraction of sp³-hybridized carbons (Fsp3) is 0.259. The van der Waals surface area contributed by atoms with Gasteiger partial charge in [-0.2, -0.15) is 5.26 Å². The lowest BCUT2D eigenvalue weighted by molar-refractivity contribution is 0.0458. The number of hydrogen-bond donors (Lipinski definition) is 2. The number of ether oxygens (including phenoxy) is 3. The van der Waals surface area contributed by atoms with E-state index < -0.39 is 23.8 Å². The summed E-state index contributed by atoms with van der Waals surface area (Å²) in [6.45, 7) is 5.22. The van der Waals surface area contributed by atoms with Crippen molar-refractivity contribution in [2.75, 3.05) is 0 Å². The van der Waals surface area contributed by atoms with E-state index in [9.17, 15) is 9.90 Å². The van der Waals surface area contributed by atoms with Gasteiger partial charge in [-0.1, -0.05) is 30.3 Å². The van der Waals surface area contributed by atoms with Gasteiger partial charge in [-0.15, -0.1) is 0 Å². The number of nitrogens with zero attached hydrogens (tertiary/aromatic N) is 1. The summed E-state index contributed by atoms with van der Waals surface area (Å²) < 4.78 is 16.9. The molecule has 0 aliphatic carbocycles. The second-order valence-electron chi connectivity index (χ2n) is 8.66. The van der Waals surface area contributed by atoms with E-state index in [-0.39, 0.29) is 6.42 Å². The zero-order valence-corrected chi connectivity index (χ0v) is 19.4. The Hall–Kier alpha value is -4.02. The average molecular weight is 461 g/mol. The van der Waals surface area contributed by atoms with Crippen LogP contribution in [0.15, 0.2) is 78.9 Å². The molecule has 0 saturated heterocycles. The molecule has 0 saturated carbocycles. The van der Waals surface area contributed by atoms with Crippen LogP contribution in [0.1, 0.15) is 26.3 Å². The maximum Gasteiger partial charge on any atom is 0.408 e. The van der Waals surface area contributed by atoms with Crippen molar-refractivity contribution in [1.82, 2.24) is 5.32 Å². The maximum atomic E-state index is 12.1. The van der Waals surface area contributed by atoms with Crippen LogP contribution >= 0.6 is 0 Å². The summed E-state index contributed by atoms with van der Waals surface area (Å²) in [7, 11) is 0. The fourth-order valence-corrected chi connectivity index (χ4v) is 3.07. The van der Waals surface area contributed by atoms with E-state index in [1.54, 1.807) is 39.0 Å². The third-order valence-corrected chi connectivity index (χ3v) is 4.63. The predicted octanol–water partition coefficient (Wildman–Crippen LogP) is 5.59. The Morgan fingerprint density at radius 1 is 0.882 bits per heavy atom. The van der Waals surface area contributed by atoms with E-state index in [1.165, 1.54) is 0 Å². The lowest BCUT2D eigenvalue weighted by Crippen LogP contribution is -2.46. The molecule has 0 fully saturated rings. The number of aliphatic hydroxyl groups is 1. The number of nitriles is 1. The van der Waals surface area contributed by atoms with Crippen LogP contribution in [-0.4, -0.2) is 28.9 Å². The topological polar surface area (TPSA) is 101 Å². The molecule has 1 unspecified atom stereocenters. The van der Waals surface area contributed by atoms with Crippen molar-refractivity contribution < 1.29 is 24.1 Å². The Kier molecular flexibility index (Phi) is 8.12. The summed E-state index contributed by atoms with van der Waals surface area (Å²) in [5.74, 6) is 2.73. The number of carbonyl (C=O) groups excluding carboxylic acids is 1. The number of aliphatic hydroxyl groups excluding tert-OH is 1. The number of carbonyl (C=O) groups is 1. The minimum absolute atomic E-state index is 0.250. The predicted molar refractivity (Wildman–Crippen MR) is 128 cm³/mol. The third-order valence-electron chi connectivity index (χ3n) is 4.63. The van der Waals surface area contributed by atoms with Crippen molar-refractivity contribution in [1.29, 1.82) is 5.26 Å². The van der Waals surface area contributed by atoms with Gasteiger partial charge >= 0.3 is 6.09 Å². The summed E-state index contributed by atoms with van der Waals surface area (Å²) in [6.07, 6.45) is -1.81. The van der Waals surface area contributed by atoms with Crippen LogP contribution in [0.4, 0.5) is 4.79 Å². The minimum Gasteiger partial charge on any atom is -0.457 e. The summed E-state index contributed by atoms with van der Waals surface area (Å²) in [5, 5.41) is 21.7. The molecule has 0 spiro atoms. The van der Waals surface area contributed by atoms with Gasteiger partial charge < -0.3 is 24.6 Å². The second-order valence-corrected chi connectivity index (χ2v) is 8.66. The first-order valence-electron chi connectivity index (χ1n) is 10.9. The van der Waals surface area contributed by atoms with Crippen molar-refractivity contribution in [2.24, 2.45) is 0 Å². The van der Waals surface area contributed by atoms with E-state index in [2.05, 4.69) is 5.32 Å². The van der Waals surface area contributed by atoms with E-state index >= 15 is 0 Å². The van der Waals surface area contributed by atoms with Crippen molar-refractivity contribution in [3.05, 3.63) is 84.4 Å². The molecule has 7 heteroatoms. The van der Waals surface area contributed by atoms with Gasteiger partial charge in [0.2, 0.25) is 0 Å². The van der Waals surface area contributed by atoms with Crippen molar-refractivity contribution in [3.8, 4) is 29.1 Å². The molecule has 176 valence electrons. The molecule has 34 heavy (non-hydrogen) atoms. The summed E-state index contributed by atoms with van der Waals surface area (Å²) in [4.78, 5) is 12.1. The Morgan fingerprint density at radius 2 is 1.35 bits per heavy atom. The molecule has 0 bridgehead atoms. The zero-order chi connectivity index (χ0) is 24.6. The van der Waals surface area contributed by atoms with Crippen molar-refractivity contribution in [2.45, 2.75) is 44.9 Å². The molecule has 3 aromatic carbocycles. The minimum atomic E-state index is -1.37. The van der Waals surface area contributed by atoms with Crippen molar-refractivity contribution >= 4 is 6.09 Å². The highest BCUT2D eigenvalue weighted by atomic mass is 16.6. The summed E-state index contributed by atoms with van der Waals surface area (Å²) >= 11 is 0. The first-order chi connectivity index (χ1) is 16.2. The smallest absolute Gasteiger partial charge is 0.408 e. The third kappa shape index (κ3) is 7.84. The highest BCUT2D eigenvalue weighted by molar-refractivity contribution is 5.68. The SMILES string of the molecule is CC(C)(C)OC(=O)N[C@@H](Cc1ccc(Oc2ccc(Oc3ccccc3)cc2)cc1)C(O)C#N. The largest absolute Gasteiger partial charge is 0.457 e. The van der Waals surface area contributed by atoms with E-state index in [0.717, 1.165) is 11.3 Å². The molecule has 1 amide bonds. The number of para-hydroxylation sites is 1. The number of nitrogens with one attached hydrogen (secondary N) is 1. The van der Waals surface area contributed by atoms with Gasteiger partial charge in [0.1, 0.15) is 28.6 Å². The van der Waals surface area contributed by atoms with E-state index in [0.29, 0.717) is 17.2 Å². The second kappa shape index (κ2) is 11.2. The van der Waals surface area contributed by atoms with Crippen LogP contribution in [0.5, 0.6) is 23.0 Å². The lowest BCUT2D eigenvalue weighted by atomic mass is 10.0. The Balaban J connectivity index is 1.59. The highest BCUT2D eigenvalue weighted by Crippen LogP contribution is 2.27. The number of rotatable bonds is 8. The van der Waals surface area contributed by atoms with Gasteiger partial charge in [-0.25, -0.2) is 4.79 Å². The van der Waals surface area contributed by atoms with Gasteiger partial charge in [0.25, 0.3) is 0 Å². The molecule has 0 radical (unpaired) electrons. The Labute approximate surface area is 199 Å². The molecule has 0 aromatic heterocycles. The number of hydrogen-bond acceptors (Lipinski definition) is 6. The van der Waals surface area contributed by atoms with Gasteiger partial charge in [-0.05, 0) is 81.3 Å². The monoisotopic (exact) mass is 460 g/mol. The fourth-order valence-electron chi connectivity index (χ4n) is 3.07. The maximum absolute atomic E-state index is 12.1. The van der Waals surface area contributed by atoms with Crippen molar-refractivity contribution in [3.63, 3.8) is 0 Å². The first-order valence-corrected chi connectivity index (χ1v) is 10.9. The van der Waals surface area contributed by atoms with Crippen LogP contribution in [0.2, 0.25) is 0 Å².